The van der Waals surface area contributed by atoms with Crippen molar-refractivity contribution in [3.05, 3.63) is 35.0 Å². The molecule has 2 nitrogen and oxygen atoms in total. The molecule has 0 aliphatic rings. The number of fused-ring (bicyclic) bond motifs is 1. The van der Waals surface area contributed by atoms with Gasteiger partial charge in [0.1, 0.15) is 10.9 Å². The van der Waals surface area contributed by atoms with Crippen molar-refractivity contribution in [1.82, 2.24) is 4.98 Å². The van der Waals surface area contributed by atoms with Crippen molar-refractivity contribution in [2.24, 2.45) is 0 Å². The molecular formula is C14H18ClNO. The maximum Gasteiger partial charge on any atom is 0.132 e. The van der Waals surface area contributed by atoms with Crippen molar-refractivity contribution in [3.8, 4) is 5.75 Å². The van der Waals surface area contributed by atoms with Crippen LogP contribution >= 0.6 is 11.6 Å². The van der Waals surface area contributed by atoms with Crippen LogP contribution in [-0.4, -0.2) is 12.1 Å². The van der Waals surface area contributed by atoms with Crippen molar-refractivity contribution < 1.29 is 4.74 Å². The van der Waals surface area contributed by atoms with E-state index in [-0.39, 0.29) is 0 Å². The van der Waals surface area contributed by atoms with Crippen LogP contribution in [0.25, 0.3) is 10.9 Å². The molecule has 0 bridgehead atoms. The second-order valence-corrected chi connectivity index (χ2v) is 3.71. The molecule has 0 N–H and O–H groups in total. The molecule has 1 heterocycles. The minimum atomic E-state index is 0.582. The van der Waals surface area contributed by atoms with Gasteiger partial charge < -0.3 is 4.74 Å². The molecule has 3 heteroatoms. The van der Waals surface area contributed by atoms with Gasteiger partial charge in [-0.2, -0.15) is 0 Å². The molecule has 0 aliphatic heterocycles. The molecule has 2 aromatic rings. The Morgan fingerprint density at radius 3 is 2.53 bits per heavy atom. The Balaban J connectivity index is 0.000000686. The third kappa shape index (κ3) is 3.10. The Morgan fingerprint density at radius 2 is 1.94 bits per heavy atom. The largest absolute Gasteiger partial charge is 0.497 e. The molecule has 0 saturated carbocycles. The fourth-order valence-electron chi connectivity index (χ4n) is 1.54. The van der Waals surface area contributed by atoms with Crippen LogP contribution in [-0.2, 0) is 6.42 Å². The quantitative estimate of drug-likeness (QED) is 0.734. The summed E-state index contributed by atoms with van der Waals surface area (Å²) in [7, 11) is 1.64. The predicted molar refractivity (Wildman–Crippen MR) is 74.0 cm³/mol. The molecule has 1 aromatic heterocycles. The van der Waals surface area contributed by atoms with Crippen LogP contribution in [0.5, 0.6) is 5.75 Å². The lowest BCUT2D eigenvalue weighted by Gasteiger charge is -2.05. The van der Waals surface area contributed by atoms with E-state index in [1.165, 1.54) is 0 Å². The average molecular weight is 252 g/mol. The predicted octanol–water partition coefficient (Wildman–Crippen LogP) is 4.49. The number of benzene rings is 1. The number of rotatable bonds is 2. The molecule has 0 spiro atoms. The zero-order chi connectivity index (χ0) is 12.8. The molecule has 0 aliphatic carbocycles. The van der Waals surface area contributed by atoms with E-state index >= 15 is 0 Å². The number of halogens is 1. The monoisotopic (exact) mass is 251 g/mol. The smallest absolute Gasteiger partial charge is 0.132 e. The van der Waals surface area contributed by atoms with Crippen LogP contribution in [0.3, 0.4) is 0 Å². The van der Waals surface area contributed by atoms with Gasteiger partial charge in [0.05, 0.1) is 12.6 Å². The van der Waals surface area contributed by atoms with E-state index in [0.717, 1.165) is 28.6 Å². The van der Waals surface area contributed by atoms with E-state index < -0.39 is 0 Å². The van der Waals surface area contributed by atoms with Crippen LogP contribution in [0.15, 0.2) is 24.3 Å². The van der Waals surface area contributed by atoms with Crippen molar-refractivity contribution in [1.29, 1.82) is 0 Å². The molecule has 0 fully saturated rings. The second kappa shape index (κ2) is 6.45. The molecular weight excluding hydrogens is 234 g/mol. The molecule has 92 valence electrons. The minimum absolute atomic E-state index is 0.582. The highest BCUT2D eigenvalue weighted by atomic mass is 35.5. The molecule has 0 unspecified atom stereocenters. The molecule has 17 heavy (non-hydrogen) atoms. The number of ether oxygens (including phenoxy) is 1. The molecule has 1 aromatic carbocycles. The summed E-state index contributed by atoms with van der Waals surface area (Å²) >= 11 is 6.05. The standard InChI is InChI=1S/C12H12ClNO.C2H6/c1-3-8-6-9-4-5-10(15-2)7-11(9)14-12(8)13;1-2/h4-7H,3H2,1-2H3;1-2H3. The van der Waals surface area contributed by atoms with Crippen LogP contribution in [0.2, 0.25) is 5.15 Å². The highest BCUT2D eigenvalue weighted by Crippen LogP contribution is 2.24. The Morgan fingerprint density at radius 1 is 1.24 bits per heavy atom. The number of nitrogens with zero attached hydrogens (tertiary/aromatic N) is 1. The highest BCUT2D eigenvalue weighted by Gasteiger charge is 2.04. The Kier molecular flexibility index (Phi) is 5.23. The summed E-state index contributed by atoms with van der Waals surface area (Å²) in [5, 5.41) is 1.68. The van der Waals surface area contributed by atoms with Gasteiger partial charge in [-0.15, -0.1) is 0 Å². The number of aryl methyl sites for hydroxylation is 1. The summed E-state index contributed by atoms with van der Waals surface area (Å²) < 4.78 is 5.14. The third-order valence-electron chi connectivity index (χ3n) is 2.43. The molecule has 0 atom stereocenters. The Hall–Kier alpha value is -1.28. The normalized spacial score (nSPS) is 9.71. The van der Waals surface area contributed by atoms with Gasteiger partial charge in [0.25, 0.3) is 0 Å². The molecule has 2 rings (SSSR count). The first-order chi connectivity index (χ1) is 8.24. The maximum atomic E-state index is 6.05. The van der Waals surface area contributed by atoms with Crippen LogP contribution in [0, 0.1) is 0 Å². The zero-order valence-corrected chi connectivity index (χ0v) is 11.5. The van der Waals surface area contributed by atoms with Gasteiger partial charge in [0, 0.05) is 11.5 Å². The first kappa shape index (κ1) is 13.8. The van der Waals surface area contributed by atoms with E-state index in [9.17, 15) is 0 Å². The van der Waals surface area contributed by atoms with Gasteiger partial charge in [-0.05, 0) is 30.2 Å². The van der Waals surface area contributed by atoms with Crippen molar-refractivity contribution in [2.45, 2.75) is 27.2 Å². The van der Waals surface area contributed by atoms with Crippen molar-refractivity contribution in [2.75, 3.05) is 7.11 Å². The van der Waals surface area contributed by atoms with Crippen LogP contribution in [0.4, 0.5) is 0 Å². The average Bonchev–Trinajstić information content (AvgIpc) is 2.39. The number of aromatic nitrogens is 1. The minimum Gasteiger partial charge on any atom is -0.497 e. The molecule has 0 saturated heterocycles. The van der Waals surface area contributed by atoms with Crippen molar-refractivity contribution >= 4 is 22.5 Å². The number of methoxy groups -OCH3 is 1. The third-order valence-corrected chi connectivity index (χ3v) is 2.76. The summed E-state index contributed by atoms with van der Waals surface area (Å²) in [6.07, 6.45) is 0.897. The number of hydrogen-bond donors (Lipinski definition) is 0. The van der Waals surface area contributed by atoms with E-state index in [2.05, 4.69) is 18.0 Å². The lowest BCUT2D eigenvalue weighted by atomic mass is 10.1. The van der Waals surface area contributed by atoms with E-state index in [1.807, 2.05) is 32.0 Å². The SMILES string of the molecule is CC.CCc1cc2ccc(OC)cc2nc1Cl. The summed E-state index contributed by atoms with van der Waals surface area (Å²) in [5.41, 5.74) is 1.95. The first-order valence-electron chi connectivity index (χ1n) is 5.87. The van der Waals surface area contributed by atoms with Gasteiger partial charge in [0.15, 0.2) is 0 Å². The van der Waals surface area contributed by atoms with Gasteiger partial charge in [-0.1, -0.05) is 32.4 Å². The zero-order valence-electron chi connectivity index (χ0n) is 10.7. The summed E-state index contributed by atoms with van der Waals surface area (Å²) in [5.74, 6) is 0.801. The second-order valence-electron chi connectivity index (χ2n) is 3.35. The van der Waals surface area contributed by atoms with E-state index in [4.69, 9.17) is 16.3 Å². The summed E-state index contributed by atoms with van der Waals surface area (Å²) in [6, 6.07) is 7.89. The van der Waals surface area contributed by atoms with Crippen LogP contribution < -0.4 is 4.74 Å². The highest BCUT2D eigenvalue weighted by molar-refractivity contribution is 6.30. The number of hydrogen-bond acceptors (Lipinski definition) is 2. The fourth-order valence-corrected chi connectivity index (χ4v) is 1.82. The lowest BCUT2D eigenvalue weighted by Crippen LogP contribution is -1.89. The summed E-state index contributed by atoms with van der Waals surface area (Å²) in [4.78, 5) is 4.34. The van der Waals surface area contributed by atoms with Crippen molar-refractivity contribution in [3.63, 3.8) is 0 Å². The van der Waals surface area contributed by atoms with Crippen LogP contribution in [0.1, 0.15) is 26.3 Å². The number of pyridine rings is 1. The lowest BCUT2D eigenvalue weighted by molar-refractivity contribution is 0.415. The fraction of sp³-hybridized carbons (Fsp3) is 0.357. The molecule has 0 amide bonds. The van der Waals surface area contributed by atoms with Gasteiger partial charge in [0.2, 0.25) is 0 Å². The van der Waals surface area contributed by atoms with Gasteiger partial charge in [-0.25, -0.2) is 4.98 Å². The Labute approximate surface area is 108 Å². The first-order valence-corrected chi connectivity index (χ1v) is 6.25. The van der Waals surface area contributed by atoms with Gasteiger partial charge in [-0.3, -0.25) is 0 Å². The topological polar surface area (TPSA) is 22.1 Å². The van der Waals surface area contributed by atoms with Gasteiger partial charge >= 0.3 is 0 Å². The molecule has 0 radical (unpaired) electrons. The maximum absolute atomic E-state index is 6.05. The van der Waals surface area contributed by atoms with E-state index in [0.29, 0.717) is 5.15 Å². The van der Waals surface area contributed by atoms with E-state index in [1.54, 1.807) is 7.11 Å². The summed E-state index contributed by atoms with van der Waals surface area (Å²) in [6.45, 7) is 6.07. The Bertz CT molecular complexity index is 497.